The lowest BCUT2D eigenvalue weighted by Gasteiger charge is -2.30. The fraction of sp³-hybridized carbons (Fsp3) is 0.500. The van der Waals surface area contributed by atoms with E-state index in [2.05, 4.69) is 4.90 Å². The van der Waals surface area contributed by atoms with Crippen molar-refractivity contribution >= 4 is 0 Å². The molecule has 0 radical (unpaired) electrons. The largest absolute Gasteiger partial charge is 0.326 e. The SMILES string of the molecule is NCc1cc(CCN2CCC2)ccc1F. The van der Waals surface area contributed by atoms with Crippen LogP contribution in [0.1, 0.15) is 17.5 Å². The van der Waals surface area contributed by atoms with Crippen LogP contribution >= 0.6 is 0 Å². The van der Waals surface area contributed by atoms with E-state index in [0.717, 1.165) is 13.0 Å². The van der Waals surface area contributed by atoms with Crippen LogP contribution in [0.2, 0.25) is 0 Å². The second-order valence-electron chi connectivity index (χ2n) is 4.08. The molecule has 0 unspecified atom stereocenters. The second kappa shape index (κ2) is 4.73. The maximum atomic E-state index is 13.2. The maximum absolute atomic E-state index is 13.2. The van der Waals surface area contributed by atoms with Crippen LogP contribution in [-0.4, -0.2) is 24.5 Å². The summed E-state index contributed by atoms with van der Waals surface area (Å²) in [6.45, 7) is 3.79. The Morgan fingerprint density at radius 2 is 2.13 bits per heavy atom. The van der Waals surface area contributed by atoms with Gasteiger partial charge in [0.05, 0.1) is 0 Å². The second-order valence-corrected chi connectivity index (χ2v) is 4.08. The maximum Gasteiger partial charge on any atom is 0.127 e. The minimum Gasteiger partial charge on any atom is -0.326 e. The lowest BCUT2D eigenvalue weighted by Crippen LogP contribution is -2.38. The highest BCUT2D eigenvalue weighted by Gasteiger charge is 2.12. The molecule has 1 aliphatic rings. The van der Waals surface area contributed by atoms with Gasteiger partial charge in [-0.05, 0) is 37.6 Å². The molecule has 0 aliphatic carbocycles. The van der Waals surface area contributed by atoms with Crippen molar-refractivity contribution in [2.75, 3.05) is 19.6 Å². The van der Waals surface area contributed by atoms with Gasteiger partial charge in [-0.1, -0.05) is 12.1 Å². The van der Waals surface area contributed by atoms with Crippen LogP contribution in [0, 0.1) is 5.82 Å². The van der Waals surface area contributed by atoms with Gasteiger partial charge in [0, 0.05) is 18.7 Å². The molecule has 15 heavy (non-hydrogen) atoms. The van der Waals surface area contributed by atoms with Crippen molar-refractivity contribution in [2.45, 2.75) is 19.4 Å². The van der Waals surface area contributed by atoms with Gasteiger partial charge in [-0.15, -0.1) is 0 Å². The molecule has 0 amide bonds. The predicted octanol–water partition coefficient (Wildman–Crippen LogP) is 1.53. The molecular weight excluding hydrogens is 191 g/mol. The Labute approximate surface area is 89.9 Å². The monoisotopic (exact) mass is 208 g/mol. The molecule has 1 aromatic rings. The predicted molar refractivity (Wildman–Crippen MR) is 59.1 cm³/mol. The molecule has 2 nitrogen and oxygen atoms in total. The number of halogens is 1. The van der Waals surface area contributed by atoms with E-state index in [-0.39, 0.29) is 12.4 Å². The third kappa shape index (κ3) is 2.55. The van der Waals surface area contributed by atoms with Crippen molar-refractivity contribution in [3.8, 4) is 0 Å². The molecule has 0 saturated carbocycles. The molecule has 1 heterocycles. The molecule has 0 bridgehead atoms. The Hall–Kier alpha value is -0.930. The van der Waals surface area contributed by atoms with E-state index in [1.807, 2.05) is 12.1 Å². The molecule has 1 aromatic carbocycles. The third-order valence-corrected chi connectivity index (χ3v) is 3.00. The fourth-order valence-electron chi connectivity index (χ4n) is 1.83. The number of rotatable bonds is 4. The highest BCUT2D eigenvalue weighted by molar-refractivity contribution is 5.25. The summed E-state index contributed by atoms with van der Waals surface area (Å²) in [6, 6.07) is 5.26. The zero-order valence-electron chi connectivity index (χ0n) is 8.88. The molecule has 82 valence electrons. The van der Waals surface area contributed by atoms with Gasteiger partial charge in [-0.25, -0.2) is 4.39 Å². The van der Waals surface area contributed by atoms with Crippen LogP contribution in [0.15, 0.2) is 18.2 Å². The first kappa shape index (κ1) is 10.6. The Kier molecular flexibility index (Phi) is 3.34. The third-order valence-electron chi connectivity index (χ3n) is 3.00. The average Bonchev–Trinajstić information content (AvgIpc) is 2.18. The standard InChI is InChI=1S/C12H17FN2/c13-12-3-2-10(8-11(12)9-14)4-7-15-5-1-6-15/h2-3,8H,1,4-7,9,14H2. The van der Waals surface area contributed by atoms with Gasteiger partial charge < -0.3 is 10.6 Å². The van der Waals surface area contributed by atoms with Gasteiger partial charge in [-0.3, -0.25) is 0 Å². The van der Waals surface area contributed by atoms with E-state index in [9.17, 15) is 4.39 Å². The first-order valence-corrected chi connectivity index (χ1v) is 5.49. The zero-order chi connectivity index (χ0) is 10.7. The lowest BCUT2D eigenvalue weighted by atomic mass is 10.1. The molecule has 1 fully saturated rings. The van der Waals surface area contributed by atoms with Crippen LogP contribution < -0.4 is 5.73 Å². The minimum absolute atomic E-state index is 0.190. The summed E-state index contributed by atoms with van der Waals surface area (Å²) in [4.78, 5) is 2.41. The summed E-state index contributed by atoms with van der Waals surface area (Å²) in [5, 5.41) is 0. The zero-order valence-corrected chi connectivity index (χ0v) is 8.88. The van der Waals surface area contributed by atoms with Crippen LogP contribution in [0.5, 0.6) is 0 Å². The number of likely N-dealkylation sites (tertiary alicyclic amines) is 1. The number of hydrogen-bond acceptors (Lipinski definition) is 2. The molecule has 1 saturated heterocycles. The summed E-state index contributed by atoms with van der Waals surface area (Å²) in [5.41, 5.74) is 7.27. The van der Waals surface area contributed by atoms with Crippen LogP contribution in [0.4, 0.5) is 4.39 Å². The summed E-state index contributed by atoms with van der Waals surface area (Å²) >= 11 is 0. The van der Waals surface area contributed by atoms with E-state index in [4.69, 9.17) is 5.73 Å². The number of nitrogens with two attached hydrogens (primary N) is 1. The molecule has 0 spiro atoms. The highest BCUT2D eigenvalue weighted by Crippen LogP contribution is 2.12. The molecule has 0 aromatic heterocycles. The van der Waals surface area contributed by atoms with Crippen LogP contribution in [0.3, 0.4) is 0 Å². The van der Waals surface area contributed by atoms with Gasteiger partial charge in [0.2, 0.25) is 0 Å². The topological polar surface area (TPSA) is 29.3 Å². The Morgan fingerprint density at radius 3 is 2.73 bits per heavy atom. The van der Waals surface area contributed by atoms with Gasteiger partial charge in [0.1, 0.15) is 5.82 Å². The van der Waals surface area contributed by atoms with Crippen LogP contribution in [-0.2, 0) is 13.0 Å². The fourth-order valence-corrected chi connectivity index (χ4v) is 1.83. The molecule has 1 aliphatic heterocycles. The summed E-state index contributed by atoms with van der Waals surface area (Å²) in [6.07, 6.45) is 2.31. The first-order chi connectivity index (χ1) is 7.29. The van der Waals surface area contributed by atoms with E-state index in [1.54, 1.807) is 0 Å². The minimum atomic E-state index is -0.190. The number of benzene rings is 1. The number of nitrogens with zero attached hydrogens (tertiary/aromatic N) is 1. The molecule has 0 atom stereocenters. The lowest BCUT2D eigenvalue weighted by molar-refractivity contribution is 0.184. The van der Waals surface area contributed by atoms with Crippen molar-refractivity contribution in [1.82, 2.24) is 4.90 Å². The number of hydrogen-bond donors (Lipinski definition) is 1. The first-order valence-electron chi connectivity index (χ1n) is 5.49. The van der Waals surface area contributed by atoms with Crippen LogP contribution in [0.25, 0.3) is 0 Å². The molecule has 3 heteroatoms. The Bertz CT molecular complexity index is 334. The van der Waals surface area contributed by atoms with Gasteiger partial charge >= 0.3 is 0 Å². The van der Waals surface area contributed by atoms with Crippen molar-refractivity contribution in [3.63, 3.8) is 0 Å². The van der Waals surface area contributed by atoms with Crippen molar-refractivity contribution in [2.24, 2.45) is 5.73 Å². The summed E-state index contributed by atoms with van der Waals surface area (Å²) in [7, 11) is 0. The summed E-state index contributed by atoms with van der Waals surface area (Å²) < 4.78 is 13.2. The molecule has 2 rings (SSSR count). The Morgan fingerprint density at radius 1 is 1.33 bits per heavy atom. The van der Waals surface area contributed by atoms with E-state index in [1.165, 1.54) is 31.1 Å². The molecule has 2 N–H and O–H groups in total. The van der Waals surface area contributed by atoms with Gasteiger partial charge in [0.15, 0.2) is 0 Å². The normalized spacial score (nSPS) is 16.4. The quantitative estimate of drug-likeness (QED) is 0.813. The van der Waals surface area contributed by atoms with Crippen molar-refractivity contribution in [1.29, 1.82) is 0 Å². The van der Waals surface area contributed by atoms with Gasteiger partial charge in [0.25, 0.3) is 0 Å². The van der Waals surface area contributed by atoms with Crippen molar-refractivity contribution in [3.05, 3.63) is 35.1 Å². The van der Waals surface area contributed by atoms with Crippen molar-refractivity contribution < 1.29 is 4.39 Å². The Balaban J connectivity index is 1.95. The molecular formula is C12H17FN2. The van der Waals surface area contributed by atoms with E-state index < -0.39 is 0 Å². The average molecular weight is 208 g/mol. The van der Waals surface area contributed by atoms with E-state index in [0.29, 0.717) is 5.56 Å². The van der Waals surface area contributed by atoms with Gasteiger partial charge in [-0.2, -0.15) is 0 Å². The summed E-state index contributed by atoms with van der Waals surface area (Å²) in [5.74, 6) is -0.190. The van der Waals surface area contributed by atoms with E-state index >= 15 is 0 Å². The highest BCUT2D eigenvalue weighted by atomic mass is 19.1. The smallest absolute Gasteiger partial charge is 0.127 e.